The van der Waals surface area contributed by atoms with Crippen LogP contribution >= 0.6 is 0 Å². The number of hydrogen-bond donors (Lipinski definition) is 2. The molecule has 3 N–H and O–H groups in total. The first-order valence-electron chi connectivity index (χ1n) is 12.1. The molecule has 0 aromatic carbocycles. The number of carbonyl (C=O) groups excluding carboxylic acids is 1. The van der Waals surface area contributed by atoms with Crippen molar-refractivity contribution >= 4 is 23.3 Å². The average Bonchev–Trinajstić information content (AvgIpc) is 3.38. The Kier molecular flexibility index (Phi) is 6.51. The van der Waals surface area contributed by atoms with Crippen LogP contribution < -0.4 is 16.0 Å². The van der Waals surface area contributed by atoms with Gasteiger partial charge in [0.05, 0.1) is 17.9 Å². The molecule has 1 fully saturated rings. The topological polar surface area (TPSA) is 120 Å². The van der Waals surface area contributed by atoms with Gasteiger partial charge in [0.2, 0.25) is 0 Å². The third-order valence-electron chi connectivity index (χ3n) is 6.69. The Balaban J connectivity index is 1.48. The Bertz CT molecular complexity index is 1360. The molecular formula is C25H28F3N7O3. The summed E-state index contributed by atoms with van der Waals surface area (Å²) >= 11 is 0. The molecule has 2 aliphatic rings. The lowest BCUT2D eigenvalue weighted by Crippen LogP contribution is -2.52. The van der Waals surface area contributed by atoms with E-state index in [1.165, 1.54) is 12.4 Å². The Labute approximate surface area is 216 Å². The predicted octanol–water partition coefficient (Wildman–Crippen LogP) is 3.60. The molecule has 13 heteroatoms. The Hall–Kier alpha value is -3.71. The number of nitrogens with one attached hydrogen (secondary N) is 1. The van der Waals surface area contributed by atoms with E-state index in [1.54, 1.807) is 45.4 Å². The fraction of sp³-hybridized carbons (Fsp3) is 0.440. The molecule has 0 bridgehead atoms. The van der Waals surface area contributed by atoms with E-state index < -0.39 is 24.3 Å². The number of pyridine rings is 2. The maximum atomic E-state index is 12.9. The van der Waals surface area contributed by atoms with Crippen LogP contribution in [0.3, 0.4) is 0 Å². The van der Waals surface area contributed by atoms with Crippen molar-refractivity contribution in [3.05, 3.63) is 48.0 Å². The molecule has 5 heterocycles. The van der Waals surface area contributed by atoms with Gasteiger partial charge in [0.1, 0.15) is 29.5 Å². The molecule has 10 nitrogen and oxygen atoms in total. The first kappa shape index (κ1) is 25.9. The Morgan fingerprint density at radius 1 is 1.24 bits per heavy atom. The number of rotatable bonds is 6. The summed E-state index contributed by atoms with van der Waals surface area (Å²) in [5, 5.41) is 7.06. The van der Waals surface area contributed by atoms with Gasteiger partial charge in [-0.05, 0) is 32.4 Å². The van der Waals surface area contributed by atoms with Crippen molar-refractivity contribution in [2.45, 2.75) is 50.7 Å². The maximum Gasteiger partial charge on any atom is 0.408 e. The summed E-state index contributed by atoms with van der Waals surface area (Å²) in [5.41, 5.74) is 8.27. The van der Waals surface area contributed by atoms with E-state index in [2.05, 4.69) is 25.3 Å². The van der Waals surface area contributed by atoms with Gasteiger partial charge in [-0.3, -0.25) is 4.68 Å². The van der Waals surface area contributed by atoms with Crippen LogP contribution in [-0.4, -0.2) is 64.2 Å². The van der Waals surface area contributed by atoms with Crippen molar-refractivity contribution in [3.8, 4) is 11.1 Å². The summed E-state index contributed by atoms with van der Waals surface area (Å²) in [6.45, 7) is 3.46. The largest absolute Gasteiger partial charge is 0.449 e. The highest BCUT2D eigenvalue weighted by molar-refractivity contribution is 5.94. The molecule has 1 saturated heterocycles. The monoisotopic (exact) mass is 531 g/mol. The van der Waals surface area contributed by atoms with Crippen LogP contribution in [-0.2, 0) is 21.6 Å². The molecule has 0 unspecified atom stereocenters. The van der Waals surface area contributed by atoms with E-state index in [4.69, 9.17) is 15.2 Å². The molecule has 0 spiro atoms. The van der Waals surface area contributed by atoms with Gasteiger partial charge in [0, 0.05) is 61.5 Å². The molecule has 5 rings (SSSR count). The third-order valence-corrected chi connectivity index (χ3v) is 6.69. The Morgan fingerprint density at radius 2 is 2.03 bits per heavy atom. The smallest absolute Gasteiger partial charge is 0.408 e. The number of fused-ring (bicyclic) bond motifs is 1. The number of halogens is 3. The van der Waals surface area contributed by atoms with Crippen LogP contribution in [0.1, 0.15) is 36.3 Å². The first-order valence-corrected chi connectivity index (χ1v) is 12.1. The van der Waals surface area contributed by atoms with E-state index >= 15 is 0 Å². The quantitative estimate of drug-likeness (QED) is 0.460. The first-order chi connectivity index (χ1) is 17.9. The van der Waals surface area contributed by atoms with Crippen molar-refractivity contribution in [1.29, 1.82) is 0 Å². The lowest BCUT2D eigenvalue weighted by molar-refractivity contribution is -0.142. The molecule has 38 heavy (non-hydrogen) atoms. The van der Waals surface area contributed by atoms with Crippen molar-refractivity contribution in [1.82, 2.24) is 19.7 Å². The third kappa shape index (κ3) is 5.16. The van der Waals surface area contributed by atoms with E-state index in [0.717, 1.165) is 10.4 Å². The molecule has 0 amide bonds. The normalized spacial score (nSPS) is 20.8. The fourth-order valence-corrected chi connectivity index (χ4v) is 4.86. The number of cyclic esters (lactones) is 1. The molecule has 3 aromatic rings. The molecule has 2 atom stereocenters. The van der Waals surface area contributed by atoms with Crippen molar-refractivity contribution in [3.63, 3.8) is 0 Å². The predicted molar refractivity (Wildman–Crippen MR) is 133 cm³/mol. The minimum atomic E-state index is -4.39. The number of aromatic nitrogens is 4. The van der Waals surface area contributed by atoms with Crippen LogP contribution in [0.4, 0.5) is 30.5 Å². The van der Waals surface area contributed by atoms with Gasteiger partial charge in [-0.1, -0.05) is 0 Å². The number of carbonyl (C=O) groups is 1. The van der Waals surface area contributed by atoms with Crippen LogP contribution in [0, 0.1) is 0 Å². The number of ether oxygens (including phenoxy) is 2. The molecule has 3 aromatic heterocycles. The summed E-state index contributed by atoms with van der Waals surface area (Å²) < 4.78 is 50.4. The number of nitrogens with zero attached hydrogens (tertiary/aromatic N) is 5. The van der Waals surface area contributed by atoms with Crippen LogP contribution in [0.15, 0.2) is 36.8 Å². The molecule has 0 aliphatic carbocycles. The standard InChI is InChI=1S/C25H28F3N7O3/c1-24(2)22-15(23(36)38-24)4-5-20(33-22)32-21-8-18(34-7-6-19(37-3)17(29)12-34)16(10-30-21)14-9-31-35(11-14)13-25(26,27)28/h4-5,8-11,17,19H,6-7,12-13,29H2,1-3H3,(H,30,32,33)/t17-,19-/m1/s1. The van der Waals surface area contributed by atoms with Crippen LogP contribution in [0.25, 0.3) is 11.1 Å². The molecule has 0 saturated carbocycles. The van der Waals surface area contributed by atoms with Crippen molar-refractivity contribution in [2.24, 2.45) is 5.73 Å². The second-order valence-corrected chi connectivity index (χ2v) is 9.92. The summed E-state index contributed by atoms with van der Waals surface area (Å²) in [7, 11) is 1.62. The minimum Gasteiger partial charge on any atom is -0.449 e. The van der Waals surface area contributed by atoms with Gasteiger partial charge < -0.3 is 25.4 Å². The number of methoxy groups -OCH3 is 1. The van der Waals surface area contributed by atoms with E-state index in [9.17, 15) is 18.0 Å². The Morgan fingerprint density at radius 3 is 2.74 bits per heavy atom. The number of anilines is 3. The highest BCUT2D eigenvalue weighted by atomic mass is 19.4. The summed E-state index contributed by atoms with van der Waals surface area (Å²) in [6.07, 6.45) is 0.537. The van der Waals surface area contributed by atoms with E-state index in [1.807, 2.05) is 0 Å². The highest BCUT2D eigenvalue weighted by Gasteiger charge is 2.39. The summed E-state index contributed by atoms with van der Waals surface area (Å²) in [6, 6.07) is 4.87. The van der Waals surface area contributed by atoms with Gasteiger partial charge in [-0.15, -0.1) is 0 Å². The van der Waals surface area contributed by atoms with Gasteiger partial charge in [0.25, 0.3) is 0 Å². The summed E-state index contributed by atoms with van der Waals surface area (Å²) in [5.74, 6) is 0.508. The number of nitrogens with two attached hydrogens (primary N) is 1. The second kappa shape index (κ2) is 9.55. The average molecular weight is 532 g/mol. The minimum absolute atomic E-state index is 0.0902. The molecule has 0 radical (unpaired) electrons. The highest BCUT2D eigenvalue weighted by Crippen LogP contribution is 2.37. The number of esters is 1. The molecule has 202 valence electrons. The van der Waals surface area contributed by atoms with Gasteiger partial charge in [0.15, 0.2) is 0 Å². The lowest BCUT2D eigenvalue weighted by atomic mass is 10.0. The zero-order valence-electron chi connectivity index (χ0n) is 21.1. The molecular weight excluding hydrogens is 503 g/mol. The van der Waals surface area contributed by atoms with Gasteiger partial charge >= 0.3 is 12.1 Å². The zero-order valence-corrected chi connectivity index (χ0v) is 21.1. The van der Waals surface area contributed by atoms with E-state index in [-0.39, 0.29) is 12.1 Å². The van der Waals surface area contributed by atoms with E-state index in [0.29, 0.717) is 53.5 Å². The lowest BCUT2D eigenvalue weighted by Gasteiger charge is -2.38. The molecule has 2 aliphatic heterocycles. The van der Waals surface area contributed by atoms with Crippen molar-refractivity contribution in [2.75, 3.05) is 30.4 Å². The maximum absolute atomic E-state index is 12.9. The zero-order chi connectivity index (χ0) is 27.2. The second-order valence-electron chi connectivity index (χ2n) is 9.92. The fourth-order valence-electron chi connectivity index (χ4n) is 4.86. The van der Waals surface area contributed by atoms with Gasteiger partial charge in [-0.2, -0.15) is 18.3 Å². The van der Waals surface area contributed by atoms with Gasteiger partial charge in [-0.25, -0.2) is 14.8 Å². The number of alkyl halides is 3. The number of piperidine rings is 1. The summed E-state index contributed by atoms with van der Waals surface area (Å²) in [4.78, 5) is 23.2. The van der Waals surface area contributed by atoms with Crippen LogP contribution in [0.5, 0.6) is 0 Å². The van der Waals surface area contributed by atoms with Crippen molar-refractivity contribution < 1.29 is 27.4 Å². The number of hydrogen-bond acceptors (Lipinski definition) is 9. The van der Waals surface area contributed by atoms with Crippen LogP contribution in [0.2, 0.25) is 0 Å². The SMILES string of the molecule is CO[C@@H]1CCN(c2cc(Nc3ccc4c(n3)C(C)(C)OC4=O)ncc2-c2cnn(CC(F)(F)F)c2)C[C@H]1N.